The molecule has 4 aromatic rings. The molecule has 1 N–H and O–H groups in total. The highest BCUT2D eigenvalue weighted by molar-refractivity contribution is 6.30. The molecular weight excluding hydrogens is 427 g/mol. The highest BCUT2D eigenvalue weighted by Gasteiger charge is 2.30. The first-order chi connectivity index (χ1) is 15.7. The van der Waals surface area contributed by atoms with Crippen LogP contribution in [0.15, 0.2) is 73.2 Å². The van der Waals surface area contributed by atoms with Gasteiger partial charge in [-0.1, -0.05) is 41.9 Å². The van der Waals surface area contributed by atoms with Gasteiger partial charge in [0.15, 0.2) is 5.82 Å². The number of nitrogens with zero attached hydrogens (tertiary/aromatic N) is 5. The fourth-order valence-electron chi connectivity index (χ4n) is 4.26. The van der Waals surface area contributed by atoms with Crippen LogP contribution >= 0.6 is 11.6 Å². The van der Waals surface area contributed by atoms with Gasteiger partial charge in [-0.2, -0.15) is 5.10 Å². The van der Waals surface area contributed by atoms with E-state index in [4.69, 9.17) is 11.6 Å². The number of benzene rings is 2. The Kier molecular flexibility index (Phi) is 5.83. The molecular formula is C24H22ClFN6. The quantitative estimate of drug-likeness (QED) is 0.484. The zero-order chi connectivity index (χ0) is 21.9. The number of hydrogen-bond donors (Lipinski definition) is 1. The lowest BCUT2D eigenvalue weighted by Gasteiger charge is -2.40. The predicted octanol–water partition coefficient (Wildman–Crippen LogP) is 4.57. The first-order valence-corrected chi connectivity index (χ1v) is 10.9. The van der Waals surface area contributed by atoms with Crippen LogP contribution in [0.25, 0.3) is 11.3 Å². The normalized spacial score (nSPS) is 15.6. The molecule has 1 saturated heterocycles. The van der Waals surface area contributed by atoms with Crippen LogP contribution in [0.5, 0.6) is 0 Å². The number of hydrogen-bond acceptors (Lipinski definition) is 5. The van der Waals surface area contributed by atoms with E-state index >= 15 is 0 Å². The second-order valence-corrected chi connectivity index (χ2v) is 8.09. The zero-order valence-electron chi connectivity index (χ0n) is 17.3. The first kappa shape index (κ1) is 20.6. The molecule has 1 aliphatic rings. The van der Waals surface area contributed by atoms with Crippen molar-refractivity contribution in [2.45, 2.75) is 6.04 Å². The Morgan fingerprint density at radius 3 is 2.31 bits per heavy atom. The molecule has 8 heteroatoms. The number of anilines is 1. The van der Waals surface area contributed by atoms with E-state index in [9.17, 15) is 4.39 Å². The summed E-state index contributed by atoms with van der Waals surface area (Å²) in [5.74, 6) is 0.550. The minimum absolute atomic E-state index is 0.0167. The lowest BCUT2D eigenvalue weighted by atomic mass is 9.99. The summed E-state index contributed by atoms with van der Waals surface area (Å²) in [6, 6.07) is 16.7. The van der Waals surface area contributed by atoms with Crippen molar-refractivity contribution in [3.8, 4) is 11.3 Å². The molecule has 3 heterocycles. The van der Waals surface area contributed by atoms with E-state index in [2.05, 4.69) is 42.1 Å². The first-order valence-electron chi connectivity index (χ1n) is 10.5. The lowest BCUT2D eigenvalue weighted by Crippen LogP contribution is -2.48. The van der Waals surface area contributed by atoms with E-state index < -0.39 is 0 Å². The van der Waals surface area contributed by atoms with Gasteiger partial charge in [-0.3, -0.25) is 15.0 Å². The van der Waals surface area contributed by atoms with E-state index in [0.717, 1.165) is 48.8 Å². The van der Waals surface area contributed by atoms with Crippen LogP contribution in [-0.4, -0.2) is 51.2 Å². The fourth-order valence-corrected chi connectivity index (χ4v) is 4.46. The molecule has 1 unspecified atom stereocenters. The van der Waals surface area contributed by atoms with Gasteiger partial charge in [0.1, 0.15) is 16.7 Å². The molecule has 0 spiro atoms. The molecule has 0 radical (unpaired) electrons. The summed E-state index contributed by atoms with van der Waals surface area (Å²) in [6.07, 6.45) is 5.18. The molecule has 0 aliphatic carbocycles. The molecule has 2 aromatic carbocycles. The van der Waals surface area contributed by atoms with Gasteiger partial charge >= 0.3 is 0 Å². The van der Waals surface area contributed by atoms with Gasteiger partial charge in [0.25, 0.3) is 0 Å². The third-order valence-electron chi connectivity index (χ3n) is 5.81. The average molecular weight is 449 g/mol. The summed E-state index contributed by atoms with van der Waals surface area (Å²) < 4.78 is 13.4. The molecule has 6 nitrogen and oxygen atoms in total. The maximum Gasteiger partial charge on any atom is 0.155 e. The largest absolute Gasteiger partial charge is 0.352 e. The molecule has 0 amide bonds. The van der Waals surface area contributed by atoms with E-state index in [1.165, 1.54) is 17.7 Å². The standard InChI is InChI=1S/C24H22ClFN6/c25-23-20(16-29-30-23)22(18-4-2-1-3-5-18)31-12-14-32(15-13-31)24-21(27-10-11-28-24)17-6-8-19(26)9-7-17/h1-11,16,22H,12-15H2,(H,29,30). The number of nitrogens with one attached hydrogen (secondary N) is 1. The van der Waals surface area contributed by atoms with Crippen LogP contribution in [0.3, 0.4) is 0 Å². The van der Waals surface area contributed by atoms with Gasteiger partial charge in [-0.05, 0) is 29.8 Å². The molecule has 2 aromatic heterocycles. The third-order valence-corrected chi connectivity index (χ3v) is 6.11. The van der Waals surface area contributed by atoms with Gasteiger partial charge < -0.3 is 4.90 Å². The maximum absolute atomic E-state index is 13.4. The monoisotopic (exact) mass is 448 g/mol. The van der Waals surface area contributed by atoms with Crippen molar-refractivity contribution in [2.75, 3.05) is 31.1 Å². The molecule has 1 fully saturated rings. The highest BCUT2D eigenvalue weighted by Crippen LogP contribution is 2.34. The van der Waals surface area contributed by atoms with Crippen molar-refractivity contribution in [3.63, 3.8) is 0 Å². The Hall–Kier alpha value is -3.29. The van der Waals surface area contributed by atoms with Crippen molar-refractivity contribution in [2.24, 2.45) is 0 Å². The van der Waals surface area contributed by atoms with Crippen LogP contribution in [0.2, 0.25) is 5.15 Å². The summed E-state index contributed by atoms with van der Waals surface area (Å²) in [4.78, 5) is 13.8. The Morgan fingerprint density at radius 2 is 1.62 bits per heavy atom. The van der Waals surface area contributed by atoms with Gasteiger partial charge in [-0.15, -0.1) is 0 Å². The minimum Gasteiger partial charge on any atom is -0.352 e. The highest BCUT2D eigenvalue weighted by atomic mass is 35.5. The molecule has 162 valence electrons. The Labute approximate surface area is 190 Å². The van der Waals surface area contributed by atoms with Gasteiger partial charge in [0, 0.05) is 49.7 Å². The van der Waals surface area contributed by atoms with Crippen molar-refractivity contribution in [3.05, 3.63) is 95.3 Å². The van der Waals surface area contributed by atoms with E-state index in [0.29, 0.717) is 5.15 Å². The summed E-state index contributed by atoms with van der Waals surface area (Å²) in [5.41, 5.74) is 3.76. The zero-order valence-corrected chi connectivity index (χ0v) is 18.1. The summed E-state index contributed by atoms with van der Waals surface area (Å²) in [5, 5.41) is 7.56. The van der Waals surface area contributed by atoms with Crippen LogP contribution in [0.1, 0.15) is 17.2 Å². The van der Waals surface area contributed by atoms with Crippen LogP contribution in [0.4, 0.5) is 10.2 Å². The summed E-state index contributed by atoms with van der Waals surface area (Å²) >= 11 is 6.43. The number of piperazine rings is 1. The van der Waals surface area contributed by atoms with Crippen molar-refractivity contribution < 1.29 is 4.39 Å². The van der Waals surface area contributed by atoms with Gasteiger partial charge in [0.05, 0.1) is 12.2 Å². The molecule has 32 heavy (non-hydrogen) atoms. The Bertz CT molecular complexity index is 1170. The molecule has 1 atom stereocenters. The Morgan fingerprint density at radius 1 is 0.906 bits per heavy atom. The number of halogens is 2. The van der Waals surface area contributed by atoms with Gasteiger partial charge in [0.2, 0.25) is 0 Å². The second-order valence-electron chi connectivity index (χ2n) is 7.71. The number of aromatic nitrogens is 4. The summed E-state index contributed by atoms with van der Waals surface area (Å²) in [7, 11) is 0. The second kappa shape index (κ2) is 9.06. The van der Waals surface area contributed by atoms with Crippen LogP contribution < -0.4 is 4.90 Å². The topological polar surface area (TPSA) is 60.9 Å². The summed E-state index contributed by atoms with van der Waals surface area (Å²) in [6.45, 7) is 3.21. The van der Waals surface area contributed by atoms with Crippen LogP contribution in [-0.2, 0) is 0 Å². The Balaban J connectivity index is 1.39. The van der Waals surface area contributed by atoms with E-state index in [1.807, 2.05) is 24.4 Å². The van der Waals surface area contributed by atoms with Crippen molar-refractivity contribution >= 4 is 17.4 Å². The average Bonchev–Trinajstić information content (AvgIpc) is 3.26. The van der Waals surface area contributed by atoms with Gasteiger partial charge in [-0.25, -0.2) is 9.37 Å². The predicted molar refractivity (Wildman–Crippen MR) is 123 cm³/mol. The molecule has 0 saturated carbocycles. The smallest absolute Gasteiger partial charge is 0.155 e. The van der Waals surface area contributed by atoms with Crippen molar-refractivity contribution in [1.29, 1.82) is 0 Å². The van der Waals surface area contributed by atoms with Crippen LogP contribution in [0, 0.1) is 5.82 Å². The molecule has 5 rings (SSSR count). The minimum atomic E-state index is -0.266. The number of aromatic amines is 1. The number of H-pyrrole nitrogens is 1. The van der Waals surface area contributed by atoms with E-state index in [1.54, 1.807) is 24.5 Å². The fraction of sp³-hybridized carbons (Fsp3) is 0.208. The van der Waals surface area contributed by atoms with Crippen molar-refractivity contribution in [1.82, 2.24) is 25.1 Å². The maximum atomic E-state index is 13.4. The van der Waals surface area contributed by atoms with E-state index in [-0.39, 0.29) is 11.9 Å². The third kappa shape index (κ3) is 4.09. The lowest BCUT2D eigenvalue weighted by molar-refractivity contribution is 0.212. The molecule has 0 bridgehead atoms. The molecule has 1 aliphatic heterocycles. The number of rotatable bonds is 5. The SMILES string of the molecule is Fc1ccc(-c2nccnc2N2CCN(C(c3ccccc3)c3cn[nH]c3Cl)CC2)cc1.